The first kappa shape index (κ1) is 16.0. The van der Waals surface area contributed by atoms with E-state index in [0.29, 0.717) is 18.7 Å². The van der Waals surface area contributed by atoms with E-state index in [4.69, 9.17) is 18.6 Å². The highest BCUT2D eigenvalue weighted by molar-refractivity contribution is 5.90. The number of methoxy groups -OCH3 is 3. The number of para-hydroxylation sites is 1. The molecule has 6 heteroatoms. The number of hydrogen-bond acceptors (Lipinski definition) is 6. The third kappa shape index (κ3) is 2.85. The molecule has 124 valence electrons. The fourth-order valence-electron chi connectivity index (χ4n) is 3.34. The zero-order valence-electron chi connectivity index (χ0n) is 13.5. The molecule has 23 heavy (non-hydrogen) atoms. The maximum absolute atomic E-state index is 11.9. The minimum atomic E-state index is -0.371. The van der Waals surface area contributed by atoms with Crippen molar-refractivity contribution in [1.29, 1.82) is 0 Å². The van der Waals surface area contributed by atoms with E-state index in [1.165, 1.54) is 6.07 Å². The molecule has 0 saturated carbocycles. The number of ether oxygens (including phenoxy) is 3. The van der Waals surface area contributed by atoms with Gasteiger partial charge in [0.15, 0.2) is 0 Å². The molecule has 1 saturated heterocycles. The van der Waals surface area contributed by atoms with Gasteiger partial charge in [-0.1, -0.05) is 12.1 Å². The fourth-order valence-corrected chi connectivity index (χ4v) is 3.34. The van der Waals surface area contributed by atoms with Crippen molar-refractivity contribution >= 4 is 16.7 Å². The van der Waals surface area contributed by atoms with Gasteiger partial charge >= 0.3 is 5.63 Å². The molecule has 1 aromatic heterocycles. The van der Waals surface area contributed by atoms with Crippen LogP contribution >= 0.6 is 0 Å². The van der Waals surface area contributed by atoms with E-state index in [1.54, 1.807) is 27.4 Å². The maximum atomic E-state index is 11.9. The van der Waals surface area contributed by atoms with Crippen LogP contribution in [-0.4, -0.2) is 52.7 Å². The number of fused-ring (bicyclic) bond motifs is 1. The minimum absolute atomic E-state index is 0.0415. The summed E-state index contributed by atoms with van der Waals surface area (Å²) in [6.07, 6.45) is -0.225. The van der Waals surface area contributed by atoms with Crippen LogP contribution < -0.4 is 10.5 Å². The van der Waals surface area contributed by atoms with Crippen LogP contribution in [0.3, 0.4) is 0 Å². The molecule has 1 aliphatic rings. The standard InChI is InChI=1S/C17H21NO5/c1-20-10-13-17(22-3)15(21-2)9-18(13)12-8-16(19)23-14-7-5-4-6-11(12)14/h4-8,13,15,17H,9-10H2,1-3H3/t13-,15+,17-/m1/s1. The molecular formula is C17H21NO5. The maximum Gasteiger partial charge on any atom is 0.338 e. The lowest BCUT2D eigenvalue weighted by Gasteiger charge is -2.29. The Bertz CT molecular complexity index is 728. The molecule has 1 aromatic carbocycles. The molecule has 2 heterocycles. The normalized spacial score (nSPS) is 24.5. The predicted molar refractivity (Wildman–Crippen MR) is 87.1 cm³/mol. The van der Waals surface area contributed by atoms with Gasteiger partial charge in [0.25, 0.3) is 0 Å². The SMILES string of the molecule is COC[C@@H]1[C@@H](OC)[C@@H](OC)CN1c1cc(=O)oc2ccccc12. The van der Waals surface area contributed by atoms with Crippen molar-refractivity contribution in [3.8, 4) is 0 Å². The molecular weight excluding hydrogens is 298 g/mol. The smallest absolute Gasteiger partial charge is 0.338 e. The molecule has 3 atom stereocenters. The summed E-state index contributed by atoms with van der Waals surface area (Å²) in [6.45, 7) is 1.10. The Labute approximate surface area is 134 Å². The summed E-state index contributed by atoms with van der Waals surface area (Å²) in [5.41, 5.74) is 1.02. The molecule has 0 bridgehead atoms. The van der Waals surface area contributed by atoms with Crippen molar-refractivity contribution in [2.45, 2.75) is 18.2 Å². The van der Waals surface area contributed by atoms with Crippen LogP contribution in [0, 0.1) is 0 Å². The van der Waals surface area contributed by atoms with Gasteiger partial charge in [-0.2, -0.15) is 0 Å². The summed E-state index contributed by atoms with van der Waals surface area (Å²) >= 11 is 0. The quantitative estimate of drug-likeness (QED) is 0.781. The molecule has 1 aliphatic heterocycles. The van der Waals surface area contributed by atoms with E-state index in [-0.39, 0.29) is 23.9 Å². The first-order valence-electron chi connectivity index (χ1n) is 7.53. The highest BCUT2D eigenvalue weighted by atomic mass is 16.5. The Hall–Kier alpha value is -1.89. The number of rotatable bonds is 5. The van der Waals surface area contributed by atoms with Gasteiger partial charge in [-0.25, -0.2) is 4.79 Å². The van der Waals surface area contributed by atoms with Crippen molar-refractivity contribution in [2.75, 3.05) is 39.4 Å². The van der Waals surface area contributed by atoms with Crippen LogP contribution in [-0.2, 0) is 14.2 Å². The highest BCUT2D eigenvalue weighted by Gasteiger charge is 2.43. The Balaban J connectivity index is 2.11. The average molecular weight is 319 g/mol. The van der Waals surface area contributed by atoms with Crippen molar-refractivity contribution in [3.05, 3.63) is 40.8 Å². The molecule has 2 aromatic rings. The van der Waals surface area contributed by atoms with Gasteiger partial charge in [-0.05, 0) is 12.1 Å². The number of nitrogens with zero attached hydrogens (tertiary/aromatic N) is 1. The molecule has 1 fully saturated rings. The molecule has 6 nitrogen and oxygen atoms in total. The lowest BCUT2D eigenvalue weighted by atomic mass is 10.1. The topological polar surface area (TPSA) is 61.1 Å². The molecule has 0 N–H and O–H groups in total. The molecule has 0 aliphatic carbocycles. The van der Waals surface area contributed by atoms with Crippen LogP contribution in [0.15, 0.2) is 39.5 Å². The largest absolute Gasteiger partial charge is 0.423 e. The molecule has 0 spiro atoms. The summed E-state index contributed by atoms with van der Waals surface area (Å²) < 4.78 is 21.8. The van der Waals surface area contributed by atoms with E-state index in [1.807, 2.05) is 18.2 Å². The van der Waals surface area contributed by atoms with Crippen molar-refractivity contribution < 1.29 is 18.6 Å². The van der Waals surface area contributed by atoms with E-state index >= 15 is 0 Å². The van der Waals surface area contributed by atoms with E-state index in [9.17, 15) is 4.79 Å². The van der Waals surface area contributed by atoms with Gasteiger partial charge in [0, 0.05) is 39.3 Å². The van der Waals surface area contributed by atoms with Crippen LogP contribution in [0.25, 0.3) is 11.0 Å². The van der Waals surface area contributed by atoms with Gasteiger partial charge in [-0.3, -0.25) is 0 Å². The van der Waals surface area contributed by atoms with Crippen LogP contribution in [0.4, 0.5) is 5.69 Å². The first-order valence-corrected chi connectivity index (χ1v) is 7.53. The summed E-state index contributed by atoms with van der Waals surface area (Å²) in [6, 6.07) is 9.00. The fraction of sp³-hybridized carbons (Fsp3) is 0.471. The van der Waals surface area contributed by atoms with Crippen LogP contribution in [0.1, 0.15) is 0 Å². The third-order valence-electron chi connectivity index (χ3n) is 4.37. The van der Waals surface area contributed by atoms with Gasteiger partial charge in [-0.15, -0.1) is 0 Å². The van der Waals surface area contributed by atoms with Crippen molar-refractivity contribution in [3.63, 3.8) is 0 Å². The second-order valence-corrected chi connectivity index (χ2v) is 5.60. The van der Waals surface area contributed by atoms with Gasteiger partial charge in [0.2, 0.25) is 0 Å². The highest BCUT2D eigenvalue weighted by Crippen LogP contribution is 2.33. The van der Waals surface area contributed by atoms with Crippen molar-refractivity contribution in [2.24, 2.45) is 0 Å². The summed E-state index contributed by atoms with van der Waals surface area (Å²) in [5, 5.41) is 0.889. The molecule has 0 radical (unpaired) electrons. The Morgan fingerprint density at radius 1 is 1.22 bits per heavy atom. The summed E-state index contributed by atoms with van der Waals surface area (Å²) in [4.78, 5) is 14.1. The Morgan fingerprint density at radius 3 is 2.70 bits per heavy atom. The zero-order chi connectivity index (χ0) is 16.4. The van der Waals surface area contributed by atoms with Gasteiger partial charge < -0.3 is 23.5 Å². The number of hydrogen-bond donors (Lipinski definition) is 0. The molecule has 0 unspecified atom stereocenters. The molecule has 0 amide bonds. The van der Waals surface area contributed by atoms with Crippen LogP contribution in [0.2, 0.25) is 0 Å². The van der Waals surface area contributed by atoms with Gasteiger partial charge in [0.1, 0.15) is 17.8 Å². The lowest BCUT2D eigenvalue weighted by Crippen LogP contribution is -2.41. The third-order valence-corrected chi connectivity index (χ3v) is 4.37. The van der Waals surface area contributed by atoms with Crippen molar-refractivity contribution in [1.82, 2.24) is 0 Å². The Morgan fingerprint density at radius 2 is 2.00 bits per heavy atom. The average Bonchev–Trinajstić information content (AvgIpc) is 2.92. The van der Waals surface area contributed by atoms with E-state index in [0.717, 1.165) is 11.1 Å². The second kappa shape index (κ2) is 6.70. The van der Waals surface area contributed by atoms with E-state index in [2.05, 4.69) is 4.90 Å². The van der Waals surface area contributed by atoms with Gasteiger partial charge in [0.05, 0.1) is 18.3 Å². The monoisotopic (exact) mass is 319 g/mol. The number of benzene rings is 1. The molecule has 3 rings (SSSR count). The zero-order valence-corrected chi connectivity index (χ0v) is 13.5. The first-order chi connectivity index (χ1) is 11.2. The van der Waals surface area contributed by atoms with Crippen LogP contribution in [0.5, 0.6) is 0 Å². The Kier molecular flexibility index (Phi) is 4.66. The lowest BCUT2D eigenvalue weighted by molar-refractivity contribution is -0.0267. The predicted octanol–water partition coefficient (Wildman–Crippen LogP) is 1.66. The number of anilines is 1. The van der Waals surface area contributed by atoms with E-state index < -0.39 is 0 Å². The summed E-state index contributed by atoms with van der Waals surface area (Å²) in [5.74, 6) is 0. The second-order valence-electron chi connectivity index (χ2n) is 5.60. The summed E-state index contributed by atoms with van der Waals surface area (Å²) in [7, 11) is 4.99. The minimum Gasteiger partial charge on any atom is -0.423 e.